The lowest BCUT2D eigenvalue weighted by molar-refractivity contribution is 0.0593. The van der Waals surface area contributed by atoms with Gasteiger partial charge in [0.25, 0.3) is 0 Å². The molecule has 4 nitrogen and oxygen atoms in total. The fourth-order valence-corrected chi connectivity index (χ4v) is 0.983. The SMILES string of the molecule is C=CC(O)c1ccnc(C(=O)OC)c1. The second-order valence-electron chi connectivity index (χ2n) is 2.65. The van der Waals surface area contributed by atoms with E-state index in [2.05, 4.69) is 16.3 Å². The minimum absolute atomic E-state index is 0.172. The summed E-state index contributed by atoms with van der Waals surface area (Å²) in [6, 6.07) is 3.08. The number of ether oxygens (including phenoxy) is 1. The Labute approximate surface area is 81.9 Å². The first kappa shape index (κ1) is 10.4. The molecule has 0 fully saturated rings. The van der Waals surface area contributed by atoms with E-state index in [4.69, 9.17) is 0 Å². The number of carbonyl (C=O) groups excluding carboxylic acids is 1. The third-order valence-electron chi connectivity index (χ3n) is 1.74. The molecule has 1 rings (SSSR count). The molecule has 1 unspecified atom stereocenters. The number of aliphatic hydroxyl groups is 1. The minimum atomic E-state index is -0.790. The number of methoxy groups -OCH3 is 1. The van der Waals surface area contributed by atoms with Crippen LogP contribution >= 0.6 is 0 Å². The third-order valence-corrected chi connectivity index (χ3v) is 1.74. The first-order chi connectivity index (χ1) is 6.69. The van der Waals surface area contributed by atoms with Crippen LogP contribution in [0.25, 0.3) is 0 Å². The highest BCUT2D eigenvalue weighted by molar-refractivity contribution is 5.87. The minimum Gasteiger partial charge on any atom is -0.464 e. The van der Waals surface area contributed by atoms with Gasteiger partial charge in [0.15, 0.2) is 0 Å². The van der Waals surface area contributed by atoms with Crippen molar-refractivity contribution < 1.29 is 14.6 Å². The van der Waals surface area contributed by atoms with Crippen LogP contribution in [0.3, 0.4) is 0 Å². The van der Waals surface area contributed by atoms with Crippen molar-refractivity contribution in [1.29, 1.82) is 0 Å². The Bertz CT molecular complexity index is 349. The van der Waals surface area contributed by atoms with Crippen molar-refractivity contribution in [2.45, 2.75) is 6.10 Å². The molecule has 1 N–H and O–H groups in total. The molecule has 0 spiro atoms. The number of carbonyl (C=O) groups is 1. The van der Waals surface area contributed by atoms with E-state index in [0.29, 0.717) is 5.56 Å². The maximum Gasteiger partial charge on any atom is 0.356 e. The first-order valence-corrected chi connectivity index (χ1v) is 4.04. The fraction of sp³-hybridized carbons (Fsp3) is 0.200. The highest BCUT2D eigenvalue weighted by Gasteiger charge is 2.09. The van der Waals surface area contributed by atoms with E-state index < -0.39 is 12.1 Å². The number of aromatic nitrogens is 1. The van der Waals surface area contributed by atoms with Crippen molar-refractivity contribution in [2.75, 3.05) is 7.11 Å². The standard InChI is InChI=1S/C10H11NO3/c1-3-9(12)7-4-5-11-8(6-7)10(13)14-2/h3-6,9,12H,1H2,2H3. The molecule has 0 saturated carbocycles. The second kappa shape index (κ2) is 4.53. The molecule has 0 bridgehead atoms. The molecule has 4 heteroatoms. The number of pyridine rings is 1. The number of nitrogens with zero attached hydrogens (tertiary/aromatic N) is 1. The van der Waals surface area contributed by atoms with Crippen molar-refractivity contribution in [1.82, 2.24) is 4.98 Å². The van der Waals surface area contributed by atoms with Gasteiger partial charge in [-0.05, 0) is 17.7 Å². The molecular formula is C10H11NO3. The Hall–Kier alpha value is -1.68. The molecule has 14 heavy (non-hydrogen) atoms. The monoisotopic (exact) mass is 193 g/mol. The van der Waals surface area contributed by atoms with Gasteiger partial charge in [-0.25, -0.2) is 9.78 Å². The van der Waals surface area contributed by atoms with Crippen molar-refractivity contribution in [3.05, 3.63) is 42.2 Å². The molecular weight excluding hydrogens is 182 g/mol. The molecule has 0 aromatic carbocycles. The van der Waals surface area contributed by atoms with Gasteiger partial charge in [0.1, 0.15) is 5.69 Å². The molecule has 0 radical (unpaired) electrons. The number of hydrogen-bond donors (Lipinski definition) is 1. The molecule has 1 heterocycles. The van der Waals surface area contributed by atoms with Crippen molar-refractivity contribution >= 4 is 5.97 Å². The summed E-state index contributed by atoms with van der Waals surface area (Å²) in [6.07, 6.45) is 2.02. The maximum atomic E-state index is 11.1. The molecule has 0 aliphatic heterocycles. The normalized spacial score (nSPS) is 11.9. The topological polar surface area (TPSA) is 59.4 Å². The van der Waals surface area contributed by atoms with Gasteiger partial charge in [-0.15, -0.1) is 6.58 Å². The van der Waals surface area contributed by atoms with Crippen LogP contribution in [-0.2, 0) is 4.74 Å². The van der Waals surface area contributed by atoms with E-state index in [1.54, 1.807) is 6.07 Å². The number of esters is 1. The molecule has 1 atom stereocenters. The van der Waals surface area contributed by atoms with Gasteiger partial charge in [0.05, 0.1) is 13.2 Å². The van der Waals surface area contributed by atoms with E-state index >= 15 is 0 Å². The Morgan fingerprint density at radius 1 is 1.79 bits per heavy atom. The summed E-state index contributed by atoms with van der Waals surface area (Å²) in [5, 5.41) is 9.41. The summed E-state index contributed by atoms with van der Waals surface area (Å²) in [4.78, 5) is 14.9. The summed E-state index contributed by atoms with van der Waals surface area (Å²) < 4.78 is 4.50. The molecule has 1 aromatic heterocycles. The first-order valence-electron chi connectivity index (χ1n) is 4.04. The van der Waals surface area contributed by atoms with E-state index in [1.807, 2.05) is 0 Å². The number of rotatable bonds is 3. The number of aliphatic hydroxyl groups excluding tert-OH is 1. The molecule has 0 saturated heterocycles. The molecule has 74 valence electrons. The lowest BCUT2D eigenvalue weighted by atomic mass is 10.1. The second-order valence-corrected chi connectivity index (χ2v) is 2.65. The summed E-state index contributed by atoms with van der Waals surface area (Å²) >= 11 is 0. The summed E-state index contributed by atoms with van der Waals surface area (Å²) in [5.74, 6) is -0.525. The van der Waals surface area contributed by atoms with Crippen LogP contribution in [0.5, 0.6) is 0 Å². The van der Waals surface area contributed by atoms with Gasteiger partial charge in [-0.1, -0.05) is 6.08 Å². The van der Waals surface area contributed by atoms with Crippen molar-refractivity contribution in [3.8, 4) is 0 Å². The average Bonchev–Trinajstić information content (AvgIpc) is 2.27. The average molecular weight is 193 g/mol. The molecule has 0 aliphatic rings. The molecule has 0 aliphatic carbocycles. The summed E-state index contributed by atoms with van der Waals surface area (Å²) in [6.45, 7) is 3.45. The van der Waals surface area contributed by atoms with Gasteiger partial charge in [0, 0.05) is 6.20 Å². The van der Waals surface area contributed by atoms with Crippen molar-refractivity contribution in [2.24, 2.45) is 0 Å². The van der Waals surface area contributed by atoms with Crippen LogP contribution in [0, 0.1) is 0 Å². The molecule has 1 aromatic rings. The summed E-state index contributed by atoms with van der Waals surface area (Å²) in [7, 11) is 1.28. The number of hydrogen-bond acceptors (Lipinski definition) is 4. The smallest absolute Gasteiger partial charge is 0.356 e. The Kier molecular flexibility index (Phi) is 3.36. The van der Waals surface area contributed by atoms with Gasteiger partial charge >= 0.3 is 5.97 Å². The van der Waals surface area contributed by atoms with Gasteiger partial charge in [-0.2, -0.15) is 0 Å². The Balaban J connectivity index is 3.00. The van der Waals surface area contributed by atoms with E-state index in [9.17, 15) is 9.90 Å². The lowest BCUT2D eigenvalue weighted by Gasteiger charge is -2.05. The maximum absolute atomic E-state index is 11.1. The largest absolute Gasteiger partial charge is 0.464 e. The highest BCUT2D eigenvalue weighted by atomic mass is 16.5. The van der Waals surface area contributed by atoms with Crippen LogP contribution in [0.1, 0.15) is 22.2 Å². The Morgan fingerprint density at radius 3 is 3.07 bits per heavy atom. The van der Waals surface area contributed by atoms with E-state index in [0.717, 1.165) is 0 Å². The quantitative estimate of drug-likeness (QED) is 0.576. The third kappa shape index (κ3) is 2.17. The van der Waals surface area contributed by atoms with Crippen LogP contribution < -0.4 is 0 Å². The van der Waals surface area contributed by atoms with Crippen molar-refractivity contribution in [3.63, 3.8) is 0 Å². The van der Waals surface area contributed by atoms with E-state index in [-0.39, 0.29) is 5.69 Å². The Morgan fingerprint density at radius 2 is 2.50 bits per heavy atom. The van der Waals surface area contributed by atoms with Gasteiger partial charge < -0.3 is 9.84 Å². The van der Waals surface area contributed by atoms with Crippen LogP contribution in [0.4, 0.5) is 0 Å². The van der Waals surface area contributed by atoms with Gasteiger partial charge in [-0.3, -0.25) is 0 Å². The molecule has 0 amide bonds. The summed E-state index contributed by atoms with van der Waals surface area (Å²) in [5.41, 5.74) is 0.737. The van der Waals surface area contributed by atoms with Crippen LogP contribution in [-0.4, -0.2) is 23.2 Å². The van der Waals surface area contributed by atoms with Crippen LogP contribution in [0.15, 0.2) is 31.0 Å². The lowest BCUT2D eigenvalue weighted by Crippen LogP contribution is -2.05. The predicted molar refractivity (Wildman–Crippen MR) is 50.7 cm³/mol. The zero-order valence-corrected chi connectivity index (χ0v) is 7.80. The zero-order chi connectivity index (χ0) is 10.6. The van der Waals surface area contributed by atoms with Gasteiger partial charge in [0.2, 0.25) is 0 Å². The zero-order valence-electron chi connectivity index (χ0n) is 7.80. The fourth-order valence-electron chi connectivity index (χ4n) is 0.983. The highest BCUT2D eigenvalue weighted by Crippen LogP contribution is 2.13. The van der Waals surface area contributed by atoms with Crippen LogP contribution in [0.2, 0.25) is 0 Å². The predicted octanol–water partition coefficient (Wildman–Crippen LogP) is 1.09. The van der Waals surface area contributed by atoms with E-state index in [1.165, 1.54) is 25.4 Å².